The Labute approximate surface area is 223 Å². The minimum absolute atomic E-state index is 0.142. The van der Waals surface area contributed by atoms with E-state index in [1.165, 1.54) is 6.92 Å². The number of hydrazone groups is 1. The van der Waals surface area contributed by atoms with Crippen LogP contribution in [-0.2, 0) is 42.9 Å². The lowest BCUT2D eigenvalue weighted by Crippen LogP contribution is -2.48. The Morgan fingerprint density at radius 3 is 2.13 bits per heavy atom. The zero-order valence-electron chi connectivity index (χ0n) is 21.7. The van der Waals surface area contributed by atoms with Crippen molar-refractivity contribution in [2.24, 2.45) is 5.10 Å². The Kier molecular flexibility index (Phi) is 10.7. The van der Waals surface area contributed by atoms with Crippen molar-refractivity contribution in [2.75, 3.05) is 11.6 Å². The van der Waals surface area contributed by atoms with Gasteiger partial charge in [0, 0.05) is 45.0 Å². The summed E-state index contributed by atoms with van der Waals surface area (Å²) in [5.41, 5.74) is 1.30. The molecular formula is C25H28ClN3O9. The Hall–Kier alpha value is -4.06. The molecule has 1 amide bonds. The first kappa shape index (κ1) is 30.2. The first-order chi connectivity index (χ1) is 17.8. The number of aryl methyl sites for hydroxylation is 1. The predicted molar refractivity (Wildman–Crippen MR) is 136 cm³/mol. The number of anilines is 1. The third-order valence-electron chi connectivity index (χ3n) is 4.87. The number of ether oxygens (including phenoxy) is 4. The number of pyridine rings is 1. The minimum Gasteiger partial charge on any atom is -0.462 e. The van der Waals surface area contributed by atoms with Crippen molar-refractivity contribution in [3.05, 3.63) is 34.9 Å². The fraction of sp³-hybridized carbons (Fsp3) is 0.400. The summed E-state index contributed by atoms with van der Waals surface area (Å²) in [5, 5.41) is 6.35. The maximum Gasteiger partial charge on any atom is 0.303 e. The van der Waals surface area contributed by atoms with E-state index >= 15 is 0 Å². The smallest absolute Gasteiger partial charge is 0.303 e. The maximum atomic E-state index is 12.5. The Morgan fingerprint density at radius 2 is 1.58 bits per heavy atom. The summed E-state index contributed by atoms with van der Waals surface area (Å²) in [5.74, 6) is -3.48. The number of fused-ring (bicyclic) bond motifs is 1. The molecule has 204 valence electrons. The van der Waals surface area contributed by atoms with Crippen molar-refractivity contribution >= 4 is 64.3 Å². The molecule has 2 aromatic rings. The highest BCUT2D eigenvalue weighted by atomic mass is 35.5. The monoisotopic (exact) mass is 549 g/mol. The number of rotatable bonds is 10. The van der Waals surface area contributed by atoms with E-state index in [1.54, 1.807) is 24.3 Å². The van der Waals surface area contributed by atoms with E-state index in [9.17, 15) is 24.0 Å². The average molecular weight is 550 g/mol. The molecule has 0 bridgehead atoms. The van der Waals surface area contributed by atoms with E-state index in [-0.39, 0.29) is 5.82 Å². The van der Waals surface area contributed by atoms with Crippen LogP contribution in [0.4, 0.5) is 5.82 Å². The second-order valence-corrected chi connectivity index (χ2v) is 8.59. The maximum absolute atomic E-state index is 12.5. The van der Waals surface area contributed by atoms with E-state index < -0.39 is 54.7 Å². The van der Waals surface area contributed by atoms with E-state index in [0.717, 1.165) is 49.9 Å². The summed E-state index contributed by atoms with van der Waals surface area (Å²) in [6.45, 7) is 6.95. The number of carbonyl (C=O) groups is 5. The summed E-state index contributed by atoms with van der Waals surface area (Å²) in [7, 11) is 0. The number of carbonyl (C=O) groups excluding carboxylic acids is 5. The van der Waals surface area contributed by atoms with Crippen LogP contribution >= 0.6 is 11.6 Å². The first-order valence-electron chi connectivity index (χ1n) is 11.3. The number of halogens is 1. The van der Waals surface area contributed by atoms with Gasteiger partial charge in [0.05, 0.1) is 11.7 Å². The minimum atomic E-state index is -1.48. The number of hydrogen-bond donors (Lipinski definition) is 0. The van der Waals surface area contributed by atoms with Gasteiger partial charge in [-0.1, -0.05) is 17.7 Å². The average Bonchev–Trinajstić information content (AvgIpc) is 2.78. The fourth-order valence-corrected chi connectivity index (χ4v) is 3.60. The highest BCUT2D eigenvalue weighted by molar-refractivity contribution is 6.31. The molecule has 1 aromatic carbocycles. The fourth-order valence-electron chi connectivity index (χ4n) is 3.43. The quantitative estimate of drug-likeness (QED) is 0.187. The van der Waals surface area contributed by atoms with Crippen molar-refractivity contribution < 1.29 is 42.9 Å². The molecule has 38 heavy (non-hydrogen) atoms. The molecule has 3 atom stereocenters. The standard InChI is InChI=1S/C25H28ClN3O9/c1-13-9-24(28-21-10-19(26)7-8-20(13)21)29(14(2)30)27-11-22(36-16(4)32)25(38-18(6)34)23(37-17(5)33)12-35-15(3)31/h7-11,22-23,25H,12H2,1-6H3/b27-11+/t22-,23+,25+/m0/s1. The summed E-state index contributed by atoms with van der Waals surface area (Å²) in [4.78, 5) is 63.9. The van der Waals surface area contributed by atoms with Crippen molar-refractivity contribution in [2.45, 2.75) is 59.9 Å². The van der Waals surface area contributed by atoms with Crippen LogP contribution in [0, 0.1) is 6.92 Å². The van der Waals surface area contributed by atoms with E-state index in [2.05, 4.69) is 10.1 Å². The second-order valence-electron chi connectivity index (χ2n) is 8.15. The number of hydrogen-bond acceptors (Lipinski definition) is 11. The van der Waals surface area contributed by atoms with Gasteiger partial charge in [0.15, 0.2) is 24.1 Å². The molecular weight excluding hydrogens is 522 g/mol. The highest BCUT2D eigenvalue weighted by Gasteiger charge is 2.37. The molecule has 1 heterocycles. The van der Waals surface area contributed by atoms with Crippen LogP contribution in [0.2, 0.25) is 5.02 Å². The molecule has 0 aliphatic heterocycles. The van der Waals surface area contributed by atoms with E-state index in [1.807, 2.05) is 6.92 Å². The lowest BCUT2D eigenvalue weighted by Gasteiger charge is -2.30. The molecule has 0 unspecified atom stereocenters. The molecule has 1 aromatic heterocycles. The SMILES string of the molecule is CC(=O)OC[C@@H](OC(C)=O)[C@H](OC(C)=O)[C@H](/C=N/N(C(C)=O)c1cc(C)c2ccc(Cl)cc2n1)OC(C)=O. The van der Waals surface area contributed by atoms with E-state index in [4.69, 9.17) is 30.5 Å². The lowest BCUT2D eigenvalue weighted by molar-refractivity contribution is -0.183. The van der Waals surface area contributed by atoms with Crippen molar-refractivity contribution in [1.82, 2.24) is 4.98 Å². The van der Waals surface area contributed by atoms with Crippen LogP contribution in [0.25, 0.3) is 10.9 Å². The van der Waals surface area contributed by atoms with Crippen molar-refractivity contribution in [3.8, 4) is 0 Å². The van der Waals surface area contributed by atoms with Crippen LogP contribution in [0.3, 0.4) is 0 Å². The summed E-state index contributed by atoms with van der Waals surface area (Å²) >= 11 is 6.10. The third-order valence-corrected chi connectivity index (χ3v) is 5.11. The molecule has 0 fully saturated rings. The van der Waals surface area contributed by atoms with Gasteiger partial charge in [-0.3, -0.25) is 24.0 Å². The van der Waals surface area contributed by atoms with Crippen molar-refractivity contribution in [1.29, 1.82) is 0 Å². The molecule has 0 aliphatic rings. The number of amides is 1. The summed E-state index contributed by atoms with van der Waals surface area (Å²) in [6.07, 6.45) is -3.29. The number of nitrogens with zero attached hydrogens (tertiary/aromatic N) is 3. The third kappa shape index (κ3) is 8.80. The van der Waals surface area contributed by atoms with Gasteiger partial charge in [0.1, 0.15) is 6.61 Å². The summed E-state index contributed by atoms with van der Waals surface area (Å²) in [6, 6.07) is 6.77. The van der Waals surface area contributed by atoms with E-state index in [0.29, 0.717) is 10.5 Å². The lowest BCUT2D eigenvalue weighted by atomic mass is 10.1. The van der Waals surface area contributed by atoms with Gasteiger partial charge in [-0.2, -0.15) is 10.1 Å². The molecule has 13 heteroatoms. The van der Waals surface area contributed by atoms with Gasteiger partial charge >= 0.3 is 23.9 Å². The summed E-state index contributed by atoms with van der Waals surface area (Å²) < 4.78 is 20.7. The molecule has 0 aliphatic carbocycles. The largest absolute Gasteiger partial charge is 0.462 e. The predicted octanol–water partition coefficient (Wildman–Crippen LogP) is 2.89. The molecule has 12 nitrogen and oxygen atoms in total. The molecule has 0 radical (unpaired) electrons. The van der Waals surface area contributed by atoms with Gasteiger partial charge in [-0.25, -0.2) is 4.98 Å². The van der Waals surface area contributed by atoms with Crippen LogP contribution < -0.4 is 5.01 Å². The Balaban J connectivity index is 2.55. The zero-order valence-corrected chi connectivity index (χ0v) is 22.5. The van der Waals surface area contributed by atoms with Gasteiger partial charge < -0.3 is 18.9 Å². The Bertz CT molecular complexity index is 1260. The van der Waals surface area contributed by atoms with Gasteiger partial charge in [0.25, 0.3) is 0 Å². The van der Waals surface area contributed by atoms with Crippen molar-refractivity contribution in [3.63, 3.8) is 0 Å². The van der Waals surface area contributed by atoms with Crippen LogP contribution in [0.15, 0.2) is 29.4 Å². The number of esters is 4. The van der Waals surface area contributed by atoms with Crippen LogP contribution in [-0.4, -0.2) is 65.9 Å². The number of aromatic nitrogens is 1. The van der Waals surface area contributed by atoms with Gasteiger partial charge in [0.2, 0.25) is 5.91 Å². The first-order valence-corrected chi connectivity index (χ1v) is 11.7. The number of benzene rings is 1. The second kappa shape index (κ2) is 13.5. The molecule has 2 rings (SSSR count). The van der Waals surface area contributed by atoms with Crippen LogP contribution in [0.1, 0.15) is 40.2 Å². The normalized spacial score (nSPS) is 13.3. The highest BCUT2D eigenvalue weighted by Crippen LogP contribution is 2.25. The Morgan fingerprint density at radius 1 is 0.947 bits per heavy atom. The van der Waals surface area contributed by atoms with Crippen LogP contribution in [0.5, 0.6) is 0 Å². The van der Waals surface area contributed by atoms with Gasteiger partial charge in [-0.15, -0.1) is 0 Å². The topological polar surface area (TPSA) is 151 Å². The van der Waals surface area contributed by atoms with Gasteiger partial charge in [-0.05, 0) is 30.7 Å². The molecule has 0 spiro atoms. The zero-order chi connectivity index (χ0) is 28.6. The molecule has 0 N–H and O–H groups in total. The molecule has 0 saturated carbocycles. The molecule has 0 saturated heterocycles.